The van der Waals surface area contributed by atoms with E-state index in [1.165, 1.54) is 10.6 Å². The second-order valence-electron chi connectivity index (χ2n) is 6.50. The highest BCUT2D eigenvalue weighted by molar-refractivity contribution is 5.89. The molecule has 0 bridgehead atoms. The molecule has 1 heterocycles. The van der Waals surface area contributed by atoms with E-state index in [1.54, 1.807) is 24.2 Å². The molecule has 1 aliphatic rings. The van der Waals surface area contributed by atoms with E-state index in [9.17, 15) is 14.7 Å². The second kappa shape index (κ2) is 7.53. The third kappa shape index (κ3) is 4.28. The fourth-order valence-electron chi connectivity index (χ4n) is 2.97. The van der Waals surface area contributed by atoms with Gasteiger partial charge in [-0.1, -0.05) is 30.3 Å². The summed E-state index contributed by atoms with van der Waals surface area (Å²) in [6.45, 7) is 0.373. The number of nitrogens with zero attached hydrogens (tertiary/aromatic N) is 2. The van der Waals surface area contributed by atoms with E-state index in [2.05, 4.69) is 5.32 Å². The maximum atomic E-state index is 12.9. The smallest absolute Gasteiger partial charge is 0.322 e. The number of aryl methyl sites for hydroxylation is 1. The van der Waals surface area contributed by atoms with Crippen molar-refractivity contribution >= 4 is 11.7 Å². The first-order valence-electron chi connectivity index (χ1n) is 8.47. The van der Waals surface area contributed by atoms with Crippen molar-refractivity contribution in [2.24, 2.45) is 13.0 Å². The van der Waals surface area contributed by atoms with Crippen LogP contribution in [0.2, 0.25) is 0 Å². The van der Waals surface area contributed by atoms with E-state index in [0.717, 1.165) is 18.4 Å². The van der Waals surface area contributed by atoms with Crippen molar-refractivity contribution in [2.75, 3.05) is 11.9 Å². The molecule has 1 atom stereocenters. The normalized spacial score (nSPS) is 14.8. The summed E-state index contributed by atoms with van der Waals surface area (Å²) < 4.78 is 1.42. The van der Waals surface area contributed by atoms with Crippen LogP contribution in [-0.2, 0) is 13.6 Å². The monoisotopic (exact) mass is 341 g/mol. The van der Waals surface area contributed by atoms with Crippen LogP contribution in [0.15, 0.2) is 53.5 Å². The predicted octanol–water partition coefficient (Wildman–Crippen LogP) is 2.19. The molecule has 1 aromatic carbocycles. The van der Waals surface area contributed by atoms with Crippen LogP contribution in [-0.4, -0.2) is 33.3 Å². The van der Waals surface area contributed by atoms with Gasteiger partial charge in [0.15, 0.2) is 0 Å². The van der Waals surface area contributed by atoms with E-state index in [1.807, 2.05) is 30.3 Å². The SMILES string of the molecule is Cn1cc(NC(=O)N(Cc2ccccc2)C(CO)C2CC2)ccc1=O. The maximum absolute atomic E-state index is 12.9. The first-order chi connectivity index (χ1) is 12.1. The largest absolute Gasteiger partial charge is 0.394 e. The first-order valence-corrected chi connectivity index (χ1v) is 8.47. The lowest BCUT2D eigenvalue weighted by molar-refractivity contribution is 0.124. The van der Waals surface area contributed by atoms with Crippen molar-refractivity contribution in [3.63, 3.8) is 0 Å². The fraction of sp³-hybridized carbons (Fsp3) is 0.368. The number of amides is 2. The van der Waals surface area contributed by atoms with Gasteiger partial charge in [0.2, 0.25) is 5.56 Å². The van der Waals surface area contributed by atoms with Gasteiger partial charge >= 0.3 is 6.03 Å². The molecule has 1 aromatic heterocycles. The number of nitrogens with one attached hydrogen (secondary N) is 1. The Kier molecular flexibility index (Phi) is 5.19. The molecular weight excluding hydrogens is 318 g/mol. The zero-order valence-corrected chi connectivity index (χ0v) is 14.3. The molecule has 2 aromatic rings. The number of urea groups is 1. The molecule has 132 valence electrons. The van der Waals surface area contributed by atoms with E-state index in [4.69, 9.17) is 0 Å². The van der Waals surface area contributed by atoms with Crippen LogP contribution in [0.3, 0.4) is 0 Å². The van der Waals surface area contributed by atoms with Crippen LogP contribution >= 0.6 is 0 Å². The van der Waals surface area contributed by atoms with E-state index >= 15 is 0 Å². The molecule has 1 saturated carbocycles. The van der Waals surface area contributed by atoms with Crippen molar-refractivity contribution in [3.05, 3.63) is 64.6 Å². The summed E-state index contributed by atoms with van der Waals surface area (Å²) in [6, 6.07) is 12.3. The average molecular weight is 341 g/mol. The van der Waals surface area contributed by atoms with Crippen LogP contribution in [0, 0.1) is 5.92 Å². The van der Waals surface area contributed by atoms with E-state index < -0.39 is 0 Å². The van der Waals surface area contributed by atoms with Crippen molar-refractivity contribution in [1.82, 2.24) is 9.47 Å². The maximum Gasteiger partial charge on any atom is 0.322 e. The zero-order valence-electron chi connectivity index (χ0n) is 14.3. The van der Waals surface area contributed by atoms with Gasteiger partial charge < -0.3 is 19.9 Å². The lowest BCUT2D eigenvalue weighted by atomic mass is 10.1. The summed E-state index contributed by atoms with van der Waals surface area (Å²) in [4.78, 5) is 26.0. The molecule has 0 saturated heterocycles. The number of aliphatic hydroxyl groups is 1. The summed E-state index contributed by atoms with van der Waals surface area (Å²) in [5, 5.41) is 12.7. The van der Waals surface area contributed by atoms with Gasteiger partial charge in [0, 0.05) is 25.9 Å². The van der Waals surface area contributed by atoms with E-state index in [0.29, 0.717) is 18.2 Å². The third-order valence-corrected chi connectivity index (χ3v) is 4.55. The first kappa shape index (κ1) is 17.2. The summed E-state index contributed by atoms with van der Waals surface area (Å²) in [5.74, 6) is 0.347. The lowest BCUT2D eigenvalue weighted by Crippen LogP contribution is -2.45. The number of carbonyl (C=O) groups is 1. The van der Waals surface area contributed by atoms with Crippen LogP contribution in [0.1, 0.15) is 18.4 Å². The number of anilines is 1. The summed E-state index contributed by atoms with van der Waals surface area (Å²) in [6.07, 6.45) is 3.65. The number of benzene rings is 1. The number of aliphatic hydroxyl groups excluding tert-OH is 1. The third-order valence-electron chi connectivity index (χ3n) is 4.55. The van der Waals surface area contributed by atoms with E-state index in [-0.39, 0.29) is 24.2 Å². The Morgan fingerprint density at radius 3 is 2.60 bits per heavy atom. The fourth-order valence-corrected chi connectivity index (χ4v) is 2.97. The van der Waals surface area contributed by atoms with Crippen molar-refractivity contribution in [2.45, 2.75) is 25.4 Å². The molecule has 25 heavy (non-hydrogen) atoms. The predicted molar refractivity (Wildman–Crippen MR) is 96.3 cm³/mol. The molecule has 6 nitrogen and oxygen atoms in total. The minimum atomic E-state index is -0.270. The molecule has 1 fully saturated rings. The van der Waals surface area contributed by atoms with Gasteiger partial charge in [-0.3, -0.25) is 4.79 Å². The molecule has 1 unspecified atom stereocenters. The number of hydrogen-bond donors (Lipinski definition) is 2. The van der Waals surface area contributed by atoms with Crippen molar-refractivity contribution in [3.8, 4) is 0 Å². The minimum Gasteiger partial charge on any atom is -0.394 e. The van der Waals surface area contributed by atoms with Crippen molar-refractivity contribution in [1.29, 1.82) is 0 Å². The van der Waals surface area contributed by atoms with Crippen LogP contribution in [0.5, 0.6) is 0 Å². The highest BCUT2D eigenvalue weighted by atomic mass is 16.3. The zero-order chi connectivity index (χ0) is 17.8. The van der Waals surface area contributed by atoms with Crippen LogP contribution in [0.4, 0.5) is 10.5 Å². The van der Waals surface area contributed by atoms with Crippen LogP contribution in [0.25, 0.3) is 0 Å². The number of aromatic nitrogens is 1. The van der Waals surface area contributed by atoms with Gasteiger partial charge in [-0.2, -0.15) is 0 Å². The Labute approximate surface area is 146 Å². The topological polar surface area (TPSA) is 74.6 Å². The molecule has 0 spiro atoms. The highest BCUT2D eigenvalue weighted by Gasteiger charge is 2.37. The van der Waals surface area contributed by atoms with Gasteiger partial charge in [0.05, 0.1) is 18.3 Å². The number of hydrogen-bond acceptors (Lipinski definition) is 3. The highest BCUT2D eigenvalue weighted by Crippen LogP contribution is 2.36. The van der Waals surface area contributed by atoms with Gasteiger partial charge in [0.25, 0.3) is 0 Å². The van der Waals surface area contributed by atoms with Gasteiger partial charge in [-0.25, -0.2) is 4.79 Å². The molecular formula is C19H23N3O3. The van der Waals surface area contributed by atoms with Gasteiger partial charge in [-0.15, -0.1) is 0 Å². The Balaban J connectivity index is 1.80. The Morgan fingerprint density at radius 1 is 1.28 bits per heavy atom. The van der Waals surface area contributed by atoms with Crippen LogP contribution < -0.4 is 10.9 Å². The Bertz CT molecular complexity index is 784. The van der Waals surface area contributed by atoms with Gasteiger partial charge in [0.1, 0.15) is 0 Å². The Hall–Kier alpha value is -2.60. The molecule has 3 rings (SSSR count). The molecule has 0 aliphatic heterocycles. The number of rotatable bonds is 6. The summed E-state index contributed by atoms with van der Waals surface area (Å²) in [5.41, 5.74) is 1.43. The molecule has 6 heteroatoms. The summed E-state index contributed by atoms with van der Waals surface area (Å²) >= 11 is 0. The minimum absolute atomic E-state index is 0.0573. The standard InChI is InChI=1S/C19H23N3O3/c1-21-12-16(9-10-18(21)24)20-19(25)22(17(13-23)15-7-8-15)11-14-5-3-2-4-6-14/h2-6,9-10,12,15,17,23H,7-8,11,13H2,1H3,(H,20,25). The van der Waals surface area contributed by atoms with Gasteiger partial charge in [-0.05, 0) is 30.4 Å². The molecule has 0 radical (unpaired) electrons. The molecule has 2 amide bonds. The van der Waals surface area contributed by atoms with Crippen molar-refractivity contribution < 1.29 is 9.90 Å². The second-order valence-corrected chi connectivity index (χ2v) is 6.50. The quantitative estimate of drug-likeness (QED) is 0.846. The summed E-state index contributed by atoms with van der Waals surface area (Å²) in [7, 11) is 1.64. The number of carbonyl (C=O) groups excluding carboxylic acids is 1. The lowest BCUT2D eigenvalue weighted by Gasteiger charge is -2.31. The Morgan fingerprint density at radius 2 is 2.00 bits per heavy atom. The number of pyridine rings is 1. The molecule has 1 aliphatic carbocycles. The molecule has 2 N–H and O–H groups in total. The average Bonchev–Trinajstić information content (AvgIpc) is 3.44.